The van der Waals surface area contributed by atoms with Gasteiger partial charge in [-0.2, -0.15) is 0 Å². The Morgan fingerprint density at radius 2 is 2.18 bits per heavy atom. The molecule has 1 aliphatic rings. The van der Waals surface area contributed by atoms with Crippen LogP contribution < -0.4 is 10.6 Å². The van der Waals surface area contributed by atoms with Gasteiger partial charge in [0.05, 0.1) is 12.7 Å². The van der Waals surface area contributed by atoms with Crippen LogP contribution in [0, 0.1) is 0 Å². The standard InChI is InChI=1S/C15H15FN2O4/c1-8(16)13(19)18-12-6-3-9-7-10(15(21)22-2)4-5-11(9)17-14(12)20/h4-5,7,12H,1,3,6H2,2H3,(H,17,20)(H,18,19). The summed E-state index contributed by atoms with van der Waals surface area (Å²) >= 11 is 0. The highest BCUT2D eigenvalue weighted by Gasteiger charge is 2.26. The van der Waals surface area contributed by atoms with E-state index in [1.165, 1.54) is 13.2 Å². The fourth-order valence-corrected chi connectivity index (χ4v) is 2.19. The lowest BCUT2D eigenvalue weighted by Crippen LogP contribution is -2.43. The van der Waals surface area contributed by atoms with Crippen LogP contribution >= 0.6 is 0 Å². The first kappa shape index (κ1) is 15.7. The van der Waals surface area contributed by atoms with Crippen molar-refractivity contribution >= 4 is 23.5 Å². The summed E-state index contributed by atoms with van der Waals surface area (Å²) in [5.74, 6) is -3.08. The fraction of sp³-hybridized carbons (Fsp3) is 0.267. The number of hydrogen-bond acceptors (Lipinski definition) is 4. The number of aryl methyl sites for hydroxylation is 1. The number of benzene rings is 1. The van der Waals surface area contributed by atoms with Crippen LogP contribution in [0.25, 0.3) is 0 Å². The van der Waals surface area contributed by atoms with Gasteiger partial charge >= 0.3 is 5.97 Å². The van der Waals surface area contributed by atoms with Gasteiger partial charge < -0.3 is 15.4 Å². The minimum Gasteiger partial charge on any atom is -0.465 e. The van der Waals surface area contributed by atoms with Crippen LogP contribution in [0.3, 0.4) is 0 Å². The van der Waals surface area contributed by atoms with Crippen LogP contribution in [-0.4, -0.2) is 30.9 Å². The monoisotopic (exact) mass is 306 g/mol. The summed E-state index contributed by atoms with van der Waals surface area (Å²) in [7, 11) is 1.28. The molecule has 0 bridgehead atoms. The molecule has 6 nitrogen and oxygen atoms in total. The third kappa shape index (κ3) is 3.30. The highest BCUT2D eigenvalue weighted by atomic mass is 19.1. The first-order valence-electron chi connectivity index (χ1n) is 6.59. The van der Waals surface area contributed by atoms with Gasteiger partial charge in [-0.15, -0.1) is 0 Å². The molecule has 0 fully saturated rings. The van der Waals surface area contributed by atoms with Crippen molar-refractivity contribution in [3.05, 3.63) is 41.7 Å². The number of hydrogen-bond donors (Lipinski definition) is 2. The molecule has 1 aromatic carbocycles. The first-order chi connectivity index (χ1) is 10.4. The predicted octanol–water partition coefficient (Wildman–Crippen LogP) is 1.33. The van der Waals surface area contributed by atoms with Crippen molar-refractivity contribution in [2.75, 3.05) is 12.4 Å². The molecule has 0 saturated carbocycles. The summed E-state index contributed by atoms with van der Waals surface area (Å²) in [5.41, 5.74) is 1.66. The van der Waals surface area contributed by atoms with E-state index < -0.39 is 29.7 Å². The zero-order valence-corrected chi connectivity index (χ0v) is 11.9. The van der Waals surface area contributed by atoms with E-state index in [0.29, 0.717) is 17.7 Å². The van der Waals surface area contributed by atoms with Gasteiger partial charge in [0.2, 0.25) is 5.91 Å². The van der Waals surface area contributed by atoms with Gasteiger partial charge in [-0.3, -0.25) is 9.59 Å². The number of carbonyl (C=O) groups excluding carboxylic acids is 3. The highest BCUT2D eigenvalue weighted by molar-refractivity contribution is 6.01. The highest BCUT2D eigenvalue weighted by Crippen LogP contribution is 2.24. The van der Waals surface area contributed by atoms with E-state index in [0.717, 1.165) is 5.56 Å². The topological polar surface area (TPSA) is 84.5 Å². The van der Waals surface area contributed by atoms with E-state index >= 15 is 0 Å². The summed E-state index contributed by atoms with van der Waals surface area (Å²) in [6.07, 6.45) is 0.713. The largest absolute Gasteiger partial charge is 0.465 e. The van der Waals surface area contributed by atoms with Crippen LogP contribution in [0.4, 0.5) is 10.1 Å². The van der Waals surface area contributed by atoms with Crippen molar-refractivity contribution in [1.82, 2.24) is 5.32 Å². The third-order valence-corrected chi connectivity index (χ3v) is 3.35. The van der Waals surface area contributed by atoms with E-state index in [9.17, 15) is 18.8 Å². The van der Waals surface area contributed by atoms with E-state index in [1.807, 2.05) is 0 Å². The minimum absolute atomic E-state index is 0.280. The second-order valence-electron chi connectivity index (χ2n) is 4.82. The van der Waals surface area contributed by atoms with Crippen molar-refractivity contribution in [2.24, 2.45) is 0 Å². The zero-order valence-electron chi connectivity index (χ0n) is 11.9. The molecule has 2 rings (SSSR count). The number of fused-ring (bicyclic) bond motifs is 1. The Morgan fingerprint density at radius 3 is 2.82 bits per heavy atom. The quantitative estimate of drug-likeness (QED) is 0.651. The van der Waals surface area contributed by atoms with Crippen molar-refractivity contribution in [3.8, 4) is 0 Å². The van der Waals surface area contributed by atoms with Crippen LogP contribution in [0.5, 0.6) is 0 Å². The van der Waals surface area contributed by atoms with Crippen molar-refractivity contribution in [2.45, 2.75) is 18.9 Å². The Morgan fingerprint density at radius 1 is 1.45 bits per heavy atom. The Labute approximate surface area is 126 Å². The van der Waals surface area contributed by atoms with Crippen LogP contribution in [0.2, 0.25) is 0 Å². The average molecular weight is 306 g/mol. The van der Waals surface area contributed by atoms with E-state index in [1.54, 1.807) is 12.1 Å². The van der Waals surface area contributed by atoms with Gasteiger partial charge in [-0.25, -0.2) is 9.18 Å². The maximum absolute atomic E-state index is 12.7. The molecule has 1 unspecified atom stereocenters. The molecule has 0 aliphatic carbocycles. The molecule has 1 aromatic rings. The maximum atomic E-state index is 12.7. The van der Waals surface area contributed by atoms with Gasteiger partial charge in [-0.05, 0) is 36.6 Å². The number of anilines is 1. The second-order valence-corrected chi connectivity index (χ2v) is 4.82. The third-order valence-electron chi connectivity index (χ3n) is 3.35. The van der Waals surface area contributed by atoms with E-state index in [4.69, 9.17) is 0 Å². The molecule has 2 amide bonds. The molecular weight excluding hydrogens is 291 g/mol. The van der Waals surface area contributed by atoms with E-state index in [2.05, 4.69) is 21.9 Å². The van der Waals surface area contributed by atoms with Crippen molar-refractivity contribution in [3.63, 3.8) is 0 Å². The van der Waals surface area contributed by atoms with Gasteiger partial charge in [0.15, 0.2) is 5.83 Å². The first-order valence-corrected chi connectivity index (χ1v) is 6.59. The SMILES string of the molecule is C=C(F)C(=O)NC1CCc2cc(C(=O)OC)ccc2NC1=O. The Hall–Kier alpha value is -2.70. The van der Waals surface area contributed by atoms with Crippen molar-refractivity contribution < 1.29 is 23.5 Å². The smallest absolute Gasteiger partial charge is 0.337 e. The molecule has 7 heteroatoms. The normalized spacial score (nSPS) is 16.8. The van der Waals surface area contributed by atoms with Crippen LogP contribution in [0.15, 0.2) is 30.6 Å². The molecule has 0 aromatic heterocycles. The van der Waals surface area contributed by atoms with Crippen molar-refractivity contribution in [1.29, 1.82) is 0 Å². The van der Waals surface area contributed by atoms with Crippen LogP contribution in [0.1, 0.15) is 22.3 Å². The molecule has 1 heterocycles. The van der Waals surface area contributed by atoms with Gasteiger partial charge in [-0.1, -0.05) is 6.58 Å². The summed E-state index contributed by atoms with van der Waals surface area (Å²) < 4.78 is 17.4. The Bertz CT molecular complexity index is 657. The molecule has 1 atom stereocenters. The van der Waals surface area contributed by atoms with Gasteiger partial charge in [0.25, 0.3) is 5.91 Å². The van der Waals surface area contributed by atoms with Crippen LogP contribution in [-0.2, 0) is 20.7 Å². The lowest BCUT2D eigenvalue weighted by atomic mass is 10.0. The second kappa shape index (κ2) is 6.38. The maximum Gasteiger partial charge on any atom is 0.337 e. The summed E-state index contributed by atoms with van der Waals surface area (Å²) in [6, 6.07) is 3.89. The average Bonchev–Trinajstić information content (AvgIpc) is 2.65. The lowest BCUT2D eigenvalue weighted by molar-refractivity contribution is -0.125. The molecule has 116 valence electrons. The molecule has 22 heavy (non-hydrogen) atoms. The molecule has 0 saturated heterocycles. The number of halogens is 1. The fourth-order valence-electron chi connectivity index (χ4n) is 2.19. The summed E-state index contributed by atoms with van der Waals surface area (Å²) in [4.78, 5) is 34.9. The number of nitrogens with one attached hydrogen (secondary N) is 2. The number of methoxy groups -OCH3 is 1. The molecular formula is C15H15FN2O4. The van der Waals surface area contributed by atoms with Gasteiger partial charge in [0.1, 0.15) is 6.04 Å². The number of esters is 1. The van der Waals surface area contributed by atoms with E-state index in [-0.39, 0.29) is 6.42 Å². The van der Waals surface area contributed by atoms with Gasteiger partial charge in [0, 0.05) is 5.69 Å². The number of rotatable bonds is 3. The molecule has 2 N–H and O–H groups in total. The predicted molar refractivity (Wildman–Crippen MR) is 76.9 cm³/mol. The Kier molecular flexibility index (Phi) is 4.55. The lowest BCUT2D eigenvalue weighted by Gasteiger charge is -2.14. The molecule has 1 aliphatic heterocycles. The number of amides is 2. The summed E-state index contributed by atoms with van der Waals surface area (Å²) in [6.45, 7) is 2.89. The zero-order chi connectivity index (χ0) is 16.3. The molecule has 0 spiro atoms. The number of carbonyl (C=O) groups is 3. The number of ether oxygens (including phenoxy) is 1. The minimum atomic E-state index is -1.15. The Balaban J connectivity index is 2.19. The molecule has 0 radical (unpaired) electrons. The summed E-state index contributed by atoms with van der Waals surface area (Å²) in [5, 5.41) is 4.92.